The maximum atomic E-state index is 13.0. The summed E-state index contributed by atoms with van der Waals surface area (Å²) in [4.78, 5) is 22.3. The van der Waals surface area contributed by atoms with Crippen LogP contribution in [-0.4, -0.2) is 52.4 Å². The van der Waals surface area contributed by atoms with E-state index in [4.69, 9.17) is 0 Å². The molecule has 2 aromatic rings. The molecule has 1 aromatic heterocycles. The highest BCUT2D eigenvalue weighted by atomic mass is 32.1. The molecule has 4 atom stereocenters. The van der Waals surface area contributed by atoms with Gasteiger partial charge in [0.2, 0.25) is 0 Å². The van der Waals surface area contributed by atoms with E-state index in [1.807, 2.05) is 12.3 Å². The zero-order valence-corrected chi connectivity index (χ0v) is 17.4. The molecule has 0 spiro atoms. The Hall–Kier alpha value is -1.72. The number of amides is 1. The summed E-state index contributed by atoms with van der Waals surface area (Å²) >= 11 is 1.57. The molecule has 0 aliphatic carbocycles. The van der Waals surface area contributed by atoms with Crippen LogP contribution in [0.1, 0.15) is 46.7 Å². The van der Waals surface area contributed by atoms with Gasteiger partial charge in [0.05, 0.1) is 5.01 Å². The molecule has 0 radical (unpaired) electrons. The molecule has 1 amide bonds. The van der Waals surface area contributed by atoms with Gasteiger partial charge in [-0.3, -0.25) is 9.69 Å². The van der Waals surface area contributed by atoms with Crippen molar-refractivity contribution >= 4 is 17.2 Å². The molecule has 5 rings (SSSR count). The molecule has 28 heavy (non-hydrogen) atoms. The number of carbonyl (C=O) groups is 1. The molecule has 3 saturated heterocycles. The Kier molecular flexibility index (Phi) is 4.97. The fraction of sp³-hybridized carbons (Fsp3) is 0.565. The van der Waals surface area contributed by atoms with E-state index in [0.717, 1.165) is 31.1 Å². The van der Waals surface area contributed by atoms with Gasteiger partial charge in [-0.05, 0) is 50.0 Å². The van der Waals surface area contributed by atoms with E-state index >= 15 is 0 Å². The van der Waals surface area contributed by atoms with Crippen LogP contribution in [0, 0.1) is 18.8 Å². The number of hydrogen-bond donors (Lipinski definition) is 0. The first-order valence-electron chi connectivity index (χ1n) is 10.7. The average Bonchev–Trinajstić information content (AvgIpc) is 3.15. The Morgan fingerprint density at radius 1 is 1.18 bits per heavy atom. The smallest absolute Gasteiger partial charge is 0.273 e. The molecule has 3 aliphatic heterocycles. The molecule has 4 nitrogen and oxygen atoms in total. The quantitative estimate of drug-likeness (QED) is 0.788. The van der Waals surface area contributed by atoms with Gasteiger partial charge in [-0.25, -0.2) is 4.98 Å². The van der Waals surface area contributed by atoms with E-state index in [-0.39, 0.29) is 5.91 Å². The fourth-order valence-electron chi connectivity index (χ4n) is 5.81. The van der Waals surface area contributed by atoms with E-state index in [1.165, 1.54) is 31.2 Å². The van der Waals surface area contributed by atoms with E-state index in [2.05, 4.69) is 45.1 Å². The predicted molar refractivity (Wildman–Crippen MR) is 113 cm³/mol. The number of carbonyl (C=O) groups excluding carboxylic acids is 1. The van der Waals surface area contributed by atoms with E-state index < -0.39 is 0 Å². The first-order valence-corrected chi connectivity index (χ1v) is 11.6. The van der Waals surface area contributed by atoms with Crippen LogP contribution in [0.2, 0.25) is 0 Å². The second kappa shape index (κ2) is 7.60. The van der Waals surface area contributed by atoms with E-state index in [0.29, 0.717) is 29.6 Å². The summed E-state index contributed by atoms with van der Waals surface area (Å²) in [5, 5.41) is 2.90. The van der Waals surface area contributed by atoms with Crippen LogP contribution >= 0.6 is 11.3 Å². The lowest BCUT2D eigenvalue weighted by molar-refractivity contribution is -0.0499. The minimum absolute atomic E-state index is 0.143. The zero-order valence-electron chi connectivity index (χ0n) is 16.6. The van der Waals surface area contributed by atoms with Crippen molar-refractivity contribution in [2.75, 3.05) is 19.6 Å². The highest BCUT2D eigenvalue weighted by Crippen LogP contribution is 2.40. The molecule has 5 heteroatoms. The Morgan fingerprint density at radius 2 is 2.04 bits per heavy atom. The van der Waals surface area contributed by atoms with Crippen molar-refractivity contribution < 1.29 is 4.79 Å². The number of piperidine rings is 3. The van der Waals surface area contributed by atoms with Gasteiger partial charge in [-0.15, -0.1) is 11.3 Å². The summed E-state index contributed by atoms with van der Waals surface area (Å²) in [6.45, 7) is 4.93. The Morgan fingerprint density at radius 3 is 2.82 bits per heavy atom. The van der Waals surface area contributed by atoms with Gasteiger partial charge in [0.1, 0.15) is 5.69 Å². The summed E-state index contributed by atoms with van der Waals surface area (Å²) in [5.41, 5.74) is 2.10. The van der Waals surface area contributed by atoms with Gasteiger partial charge < -0.3 is 4.90 Å². The third-order valence-corrected chi connectivity index (χ3v) is 7.73. The SMILES string of the molecule is Cc1nc(C(=O)N2C[C@@H]3C[C@H](C2)[C@@H]2CCC[C@H](Cc4ccccc4)N2C3)cs1. The largest absolute Gasteiger partial charge is 0.337 e. The van der Waals surface area contributed by atoms with E-state index in [9.17, 15) is 4.79 Å². The molecule has 1 aromatic carbocycles. The maximum absolute atomic E-state index is 13.0. The molecule has 3 fully saturated rings. The Bertz CT molecular complexity index is 835. The molecular weight excluding hydrogens is 366 g/mol. The van der Waals surface area contributed by atoms with Crippen LogP contribution < -0.4 is 0 Å². The first kappa shape index (κ1) is 18.3. The van der Waals surface area contributed by atoms with Gasteiger partial charge in [-0.2, -0.15) is 0 Å². The van der Waals surface area contributed by atoms with Crippen LogP contribution in [-0.2, 0) is 6.42 Å². The van der Waals surface area contributed by atoms with Crippen molar-refractivity contribution in [1.82, 2.24) is 14.8 Å². The first-order chi connectivity index (χ1) is 13.7. The van der Waals surface area contributed by atoms with Crippen molar-refractivity contribution in [1.29, 1.82) is 0 Å². The number of hydrogen-bond acceptors (Lipinski definition) is 4. The summed E-state index contributed by atoms with van der Waals surface area (Å²) in [7, 11) is 0. The van der Waals surface area contributed by atoms with Gasteiger partial charge in [0.15, 0.2) is 0 Å². The van der Waals surface area contributed by atoms with Crippen LogP contribution in [0.4, 0.5) is 0 Å². The third kappa shape index (κ3) is 3.50. The normalized spacial score (nSPS) is 30.1. The summed E-state index contributed by atoms with van der Waals surface area (Å²) in [5.74, 6) is 1.37. The van der Waals surface area contributed by atoms with Crippen molar-refractivity contribution in [2.24, 2.45) is 11.8 Å². The van der Waals surface area contributed by atoms with Crippen LogP contribution in [0.3, 0.4) is 0 Å². The lowest BCUT2D eigenvalue weighted by Crippen LogP contribution is -2.62. The fourth-order valence-corrected chi connectivity index (χ4v) is 6.39. The molecule has 148 valence electrons. The highest BCUT2D eigenvalue weighted by Gasteiger charge is 2.45. The second-order valence-corrected chi connectivity index (χ2v) is 9.92. The van der Waals surface area contributed by atoms with Gasteiger partial charge in [0, 0.05) is 37.1 Å². The monoisotopic (exact) mass is 395 g/mol. The number of thiazole rings is 1. The summed E-state index contributed by atoms with van der Waals surface area (Å²) in [6, 6.07) is 12.3. The molecule has 3 aliphatic rings. The summed E-state index contributed by atoms with van der Waals surface area (Å²) in [6.07, 6.45) is 6.38. The topological polar surface area (TPSA) is 36.4 Å². The van der Waals surface area contributed by atoms with Gasteiger partial charge in [0.25, 0.3) is 5.91 Å². The third-order valence-electron chi connectivity index (χ3n) is 6.95. The molecular formula is C23H29N3OS. The van der Waals surface area contributed by atoms with Crippen molar-refractivity contribution in [3.8, 4) is 0 Å². The number of rotatable bonds is 3. The van der Waals surface area contributed by atoms with E-state index in [1.54, 1.807) is 11.3 Å². The predicted octanol–water partition coefficient (Wildman–Crippen LogP) is 4.01. The number of benzene rings is 1. The molecule has 0 unspecified atom stereocenters. The Labute approximate surface area is 171 Å². The second-order valence-electron chi connectivity index (χ2n) is 8.86. The van der Waals surface area contributed by atoms with Crippen molar-refractivity contribution in [3.63, 3.8) is 0 Å². The average molecular weight is 396 g/mol. The molecule has 4 heterocycles. The Balaban J connectivity index is 1.31. The molecule has 0 N–H and O–H groups in total. The summed E-state index contributed by atoms with van der Waals surface area (Å²) < 4.78 is 0. The standard InChI is InChI=1S/C23H29N3OS/c1-16-24-21(15-28-16)23(27)25-12-18-10-19(14-25)22-9-5-8-20(26(22)13-18)11-17-6-3-2-4-7-17/h2-4,6-7,15,18-20,22H,5,8-14H2,1H3/t18-,19+,20+,22-/m0/s1. The highest BCUT2D eigenvalue weighted by molar-refractivity contribution is 7.09. The maximum Gasteiger partial charge on any atom is 0.273 e. The van der Waals surface area contributed by atoms with Crippen LogP contribution in [0.15, 0.2) is 35.7 Å². The number of fused-ring (bicyclic) bond motifs is 4. The lowest BCUT2D eigenvalue weighted by atomic mass is 9.74. The minimum Gasteiger partial charge on any atom is -0.337 e. The molecule has 0 saturated carbocycles. The van der Waals surface area contributed by atoms with Crippen molar-refractivity contribution in [2.45, 2.75) is 51.1 Å². The minimum atomic E-state index is 0.143. The van der Waals surface area contributed by atoms with Crippen LogP contribution in [0.5, 0.6) is 0 Å². The van der Waals surface area contributed by atoms with Gasteiger partial charge >= 0.3 is 0 Å². The van der Waals surface area contributed by atoms with Gasteiger partial charge in [-0.1, -0.05) is 36.8 Å². The number of aromatic nitrogens is 1. The number of likely N-dealkylation sites (tertiary alicyclic amines) is 1. The molecule has 2 bridgehead atoms. The zero-order chi connectivity index (χ0) is 19.1. The number of nitrogens with zero attached hydrogens (tertiary/aromatic N) is 3. The van der Waals surface area contributed by atoms with Crippen LogP contribution in [0.25, 0.3) is 0 Å². The van der Waals surface area contributed by atoms with Crippen molar-refractivity contribution in [3.05, 3.63) is 52.0 Å². The number of aryl methyl sites for hydroxylation is 1. The lowest BCUT2D eigenvalue weighted by Gasteiger charge is -2.55.